The predicted octanol–water partition coefficient (Wildman–Crippen LogP) is 4.99. The van der Waals surface area contributed by atoms with E-state index in [0.29, 0.717) is 12.1 Å². The highest BCUT2D eigenvalue weighted by molar-refractivity contribution is 6.30. The summed E-state index contributed by atoms with van der Waals surface area (Å²) in [5.74, 6) is 0. The molecule has 0 bridgehead atoms. The molecule has 1 aliphatic carbocycles. The van der Waals surface area contributed by atoms with E-state index in [1.54, 1.807) is 0 Å². The number of fused-ring (bicyclic) bond motifs is 1. The highest BCUT2D eigenvalue weighted by Crippen LogP contribution is 2.34. The van der Waals surface area contributed by atoms with E-state index >= 15 is 0 Å². The Morgan fingerprint density at radius 1 is 1.15 bits per heavy atom. The van der Waals surface area contributed by atoms with Crippen LogP contribution in [0.15, 0.2) is 42.5 Å². The quantitative estimate of drug-likeness (QED) is 0.838. The van der Waals surface area contributed by atoms with Gasteiger partial charge in [-0.25, -0.2) is 0 Å². The van der Waals surface area contributed by atoms with Gasteiger partial charge in [0.25, 0.3) is 0 Å². The topological polar surface area (TPSA) is 12.0 Å². The van der Waals surface area contributed by atoms with E-state index in [4.69, 9.17) is 11.6 Å². The Labute approximate surface area is 126 Å². The molecule has 1 unspecified atom stereocenters. The van der Waals surface area contributed by atoms with Gasteiger partial charge in [-0.3, -0.25) is 0 Å². The molecule has 104 valence electrons. The van der Waals surface area contributed by atoms with Crippen LogP contribution in [0.25, 0.3) is 0 Å². The predicted molar refractivity (Wildman–Crippen MR) is 85.2 cm³/mol. The molecule has 1 aliphatic rings. The molecule has 1 N–H and O–H groups in total. The molecule has 1 nitrogen and oxygen atoms in total. The summed E-state index contributed by atoms with van der Waals surface area (Å²) >= 11 is 6.07. The van der Waals surface area contributed by atoms with Crippen molar-refractivity contribution in [3.8, 4) is 0 Å². The number of hydrogen-bond acceptors (Lipinski definition) is 1. The zero-order valence-electron chi connectivity index (χ0n) is 12.0. The average Bonchev–Trinajstić information content (AvgIpc) is 2.81. The van der Waals surface area contributed by atoms with Crippen LogP contribution in [0.4, 0.5) is 0 Å². The molecule has 2 aromatic rings. The molecule has 0 fully saturated rings. The standard InChI is InChI=1S/C18H20ClN/c1-12-3-5-14(6-4-12)13(2)20-18-10-7-15-11-16(19)8-9-17(15)18/h3-6,8-9,11,13,18,20H,7,10H2,1-2H3/t13-,18?/m1/s1. The monoisotopic (exact) mass is 285 g/mol. The number of nitrogens with one attached hydrogen (secondary N) is 1. The molecule has 0 aromatic heterocycles. The fourth-order valence-corrected chi connectivity index (χ4v) is 3.21. The summed E-state index contributed by atoms with van der Waals surface area (Å²) in [4.78, 5) is 0. The maximum Gasteiger partial charge on any atom is 0.0408 e. The summed E-state index contributed by atoms with van der Waals surface area (Å²) in [6.07, 6.45) is 2.28. The van der Waals surface area contributed by atoms with Crippen molar-refractivity contribution in [3.05, 3.63) is 69.7 Å². The van der Waals surface area contributed by atoms with Crippen molar-refractivity contribution in [2.75, 3.05) is 0 Å². The molecule has 20 heavy (non-hydrogen) atoms. The lowest BCUT2D eigenvalue weighted by molar-refractivity contribution is 0.465. The van der Waals surface area contributed by atoms with Crippen LogP contribution in [0.5, 0.6) is 0 Å². The average molecular weight is 286 g/mol. The van der Waals surface area contributed by atoms with Gasteiger partial charge in [0.15, 0.2) is 0 Å². The summed E-state index contributed by atoms with van der Waals surface area (Å²) < 4.78 is 0. The molecule has 0 spiro atoms. The Kier molecular flexibility index (Phi) is 3.82. The fourth-order valence-electron chi connectivity index (χ4n) is 3.01. The summed E-state index contributed by atoms with van der Waals surface area (Å²) in [6.45, 7) is 4.36. The zero-order valence-corrected chi connectivity index (χ0v) is 12.7. The number of benzene rings is 2. The van der Waals surface area contributed by atoms with Crippen LogP contribution in [0.2, 0.25) is 5.02 Å². The SMILES string of the molecule is Cc1ccc([C@@H](C)NC2CCc3cc(Cl)ccc32)cc1. The summed E-state index contributed by atoms with van der Waals surface area (Å²) in [5, 5.41) is 4.59. The highest BCUT2D eigenvalue weighted by atomic mass is 35.5. The summed E-state index contributed by atoms with van der Waals surface area (Å²) in [7, 11) is 0. The van der Waals surface area contributed by atoms with Crippen LogP contribution in [0, 0.1) is 6.92 Å². The Balaban J connectivity index is 1.75. The molecule has 2 atom stereocenters. The van der Waals surface area contributed by atoms with E-state index in [2.05, 4.69) is 55.6 Å². The van der Waals surface area contributed by atoms with Gasteiger partial charge < -0.3 is 5.32 Å². The van der Waals surface area contributed by atoms with E-state index in [9.17, 15) is 0 Å². The lowest BCUT2D eigenvalue weighted by atomic mass is 10.0. The molecule has 2 heteroatoms. The number of aryl methyl sites for hydroxylation is 2. The van der Waals surface area contributed by atoms with Crippen molar-refractivity contribution in [1.29, 1.82) is 0 Å². The first-order valence-corrected chi connectivity index (χ1v) is 7.62. The van der Waals surface area contributed by atoms with Crippen LogP contribution in [-0.2, 0) is 6.42 Å². The summed E-state index contributed by atoms with van der Waals surface area (Å²) in [5.41, 5.74) is 5.46. The largest absolute Gasteiger partial charge is 0.303 e. The van der Waals surface area contributed by atoms with Crippen LogP contribution < -0.4 is 5.32 Å². The van der Waals surface area contributed by atoms with Gasteiger partial charge in [0, 0.05) is 17.1 Å². The zero-order chi connectivity index (χ0) is 14.1. The van der Waals surface area contributed by atoms with Crippen molar-refractivity contribution in [2.45, 2.75) is 38.8 Å². The second-order valence-electron chi connectivity index (χ2n) is 5.73. The Morgan fingerprint density at radius 3 is 2.65 bits per heavy atom. The minimum Gasteiger partial charge on any atom is -0.303 e. The van der Waals surface area contributed by atoms with E-state index in [-0.39, 0.29) is 0 Å². The van der Waals surface area contributed by atoms with Gasteiger partial charge in [-0.15, -0.1) is 0 Å². The van der Waals surface area contributed by atoms with Crippen LogP contribution in [0.1, 0.15) is 47.7 Å². The van der Waals surface area contributed by atoms with Gasteiger partial charge in [0.05, 0.1) is 0 Å². The molecular formula is C18H20ClN. The van der Waals surface area contributed by atoms with Crippen LogP contribution in [-0.4, -0.2) is 0 Å². The van der Waals surface area contributed by atoms with Crippen LogP contribution >= 0.6 is 11.6 Å². The van der Waals surface area contributed by atoms with Gasteiger partial charge in [0.2, 0.25) is 0 Å². The molecule has 3 rings (SSSR count). The van der Waals surface area contributed by atoms with Crippen molar-refractivity contribution < 1.29 is 0 Å². The lowest BCUT2D eigenvalue weighted by Crippen LogP contribution is -2.22. The molecule has 2 aromatic carbocycles. The van der Waals surface area contributed by atoms with E-state index in [0.717, 1.165) is 17.9 Å². The smallest absolute Gasteiger partial charge is 0.0408 e. The van der Waals surface area contributed by atoms with Gasteiger partial charge >= 0.3 is 0 Å². The van der Waals surface area contributed by atoms with Gasteiger partial charge in [0.1, 0.15) is 0 Å². The Hall–Kier alpha value is -1.31. The molecule has 0 saturated carbocycles. The first-order chi connectivity index (χ1) is 9.63. The van der Waals surface area contributed by atoms with E-state index in [1.165, 1.54) is 22.3 Å². The lowest BCUT2D eigenvalue weighted by Gasteiger charge is -2.21. The molecule has 0 amide bonds. The molecular weight excluding hydrogens is 266 g/mol. The van der Waals surface area contributed by atoms with Crippen molar-refractivity contribution in [1.82, 2.24) is 5.32 Å². The van der Waals surface area contributed by atoms with Crippen LogP contribution in [0.3, 0.4) is 0 Å². The maximum atomic E-state index is 6.07. The second kappa shape index (κ2) is 5.59. The van der Waals surface area contributed by atoms with Crippen molar-refractivity contribution in [3.63, 3.8) is 0 Å². The number of hydrogen-bond donors (Lipinski definition) is 1. The number of rotatable bonds is 3. The third kappa shape index (κ3) is 2.74. The first-order valence-electron chi connectivity index (χ1n) is 7.24. The number of halogens is 1. The minimum atomic E-state index is 0.363. The van der Waals surface area contributed by atoms with E-state index < -0.39 is 0 Å². The molecule has 0 aliphatic heterocycles. The van der Waals surface area contributed by atoms with Crippen molar-refractivity contribution in [2.24, 2.45) is 0 Å². The normalized spacial score (nSPS) is 18.9. The van der Waals surface area contributed by atoms with Gasteiger partial charge in [-0.05, 0) is 55.5 Å². The fraction of sp³-hybridized carbons (Fsp3) is 0.333. The molecule has 0 saturated heterocycles. The molecule has 0 radical (unpaired) electrons. The maximum absolute atomic E-state index is 6.07. The summed E-state index contributed by atoms with van der Waals surface area (Å²) in [6, 6.07) is 15.9. The minimum absolute atomic E-state index is 0.363. The Morgan fingerprint density at radius 2 is 1.90 bits per heavy atom. The van der Waals surface area contributed by atoms with Gasteiger partial charge in [-0.2, -0.15) is 0 Å². The first kappa shape index (κ1) is 13.7. The van der Waals surface area contributed by atoms with E-state index in [1.807, 2.05) is 6.07 Å². The highest BCUT2D eigenvalue weighted by Gasteiger charge is 2.23. The Bertz CT molecular complexity index is 603. The van der Waals surface area contributed by atoms with Gasteiger partial charge in [-0.1, -0.05) is 47.5 Å². The third-order valence-corrected chi connectivity index (χ3v) is 4.45. The van der Waals surface area contributed by atoms with Crippen molar-refractivity contribution >= 4 is 11.6 Å². The third-order valence-electron chi connectivity index (χ3n) is 4.21. The molecule has 0 heterocycles. The second-order valence-corrected chi connectivity index (χ2v) is 6.17.